The fraction of sp³-hybridized carbons (Fsp3) is 0.222. The number of primary sulfonamides is 1. The van der Waals surface area contributed by atoms with Crippen molar-refractivity contribution >= 4 is 21.2 Å². The largest absolute Gasteiger partial charge is 0.396 e. The molecule has 4 nitrogen and oxygen atoms in total. The quantitative estimate of drug-likeness (QED) is 0.892. The number of rotatable bonds is 4. The lowest BCUT2D eigenvalue weighted by molar-refractivity contribution is 0.235. The van der Waals surface area contributed by atoms with Gasteiger partial charge in [-0.25, -0.2) is 17.9 Å². The van der Waals surface area contributed by atoms with Crippen molar-refractivity contribution in [2.45, 2.75) is 17.7 Å². The molecule has 24 heavy (non-hydrogen) atoms. The van der Waals surface area contributed by atoms with Gasteiger partial charge in [-0.1, -0.05) is 24.3 Å². The molecule has 0 saturated carbocycles. The minimum atomic E-state index is -3.73. The average molecular weight is 347 g/mol. The number of benzene rings is 2. The van der Waals surface area contributed by atoms with E-state index in [1.165, 1.54) is 24.3 Å². The van der Waals surface area contributed by atoms with Gasteiger partial charge in [-0.3, -0.25) is 0 Å². The van der Waals surface area contributed by atoms with E-state index in [-0.39, 0.29) is 23.2 Å². The van der Waals surface area contributed by atoms with E-state index in [0.717, 1.165) is 22.3 Å². The van der Waals surface area contributed by atoms with E-state index in [0.29, 0.717) is 12.8 Å². The van der Waals surface area contributed by atoms with Gasteiger partial charge in [0.25, 0.3) is 0 Å². The van der Waals surface area contributed by atoms with Crippen molar-refractivity contribution in [1.82, 2.24) is 0 Å². The summed E-state index contributed by atoms with van der Waals surface area (Å²) < 4.78 is 35.9. The van der Waals surface area contributed by atoms with Crippen molar-refractivity contribution in [1.29, 1.82) is 0 Å². The van der Waals surface area contributed by atoms with Crippen molar-refractivity contribution in [2.24, 2.45) is 11.1 Å². The topological polar surface area (TPSA) is 80.4 Å². The Morgan fingerprint density at radius 1 is 0.958 bits per heavy atom. The fourth-order valence-corrected chi connectivity index (χ4v) is 3.62. The number of aliphatic hydroxyl groups is 1. The van der Waals surface area contributed by atoms with Crippen LogP contribution in [0.25, 0.3) is 11.1 Å². The molecule has 1 atom stereocenters. The molecule has 0 fully saturated rings. The van der Waals surface area contributed by atoms with Crippen LogP contribution in [0.5, 0.6) is 0 Å². The highest BCUT2D eigenvalue weighted by Crippen LogP contribution is 2.43. The Labute approximate surface area is 140 Å². The molecule has 0 heterocycles. The van der Waals surface area contributed by atoms with E-state index in [9.17, 15) is 17.9 Å². The zero-order valence-electron chi connectivity index (χ0n) is 12.9. The molecule has 0 aliphatic heterocycles. The predicted molar refractivity (Wildman–Crippen MR) is 90.8 cm³/mol. The van der Waals surface area contributed by atoms with Crippen LogP contribution in [0.15, 0.2) is 53.4 Å². The molecule has 126 valence electrons. The molecule has 0 bridgehead atoms. The number of halogens is 1. The number of allylic oxidation sites excluding steroid dienone is 2. The summed E-state index contributed by atoms with van der Waals surface area (Å²) in [7, 11) is -3.73. The maximum Gasteiger partial charge on any atom is 0.238 e. The Bertz CT molecular complexity index is 871. The molecule has 3 rings (SSSR count). The lowest BCUT2D eigenvalue weighted by Crippen LogP contribution is -2.11. The van der Waals surface area contributed by atoms with E-state index < -0.39 is 10.0 Å². The van der Waals surface area contributed by atoms with Crippen LogP contribution in [0.1, 0.15) is 24.0 Å². The second-order valence-corrected chi connectivity index (χ2v) is 7.55. The molecule has 1 aliphatic rings. The summed E-state index contributed by atoms with van der Waals surface area (Å²) in [6.45, 7) is 0.0729. The molecule has 2 aromatic rings. The highest BCUT2D eigenvalue weighted by molar-refractivity contribution is 7.89. The van der Waals surface area contributed by atoms with Crippen LogP contribution in [0.4, 0.5) is 4.39 Å². The van der Waals surface area contributed by atoms with Gasteiger partial charge < -0.3 is 5.11 Å². The Balaban J connectivity index is 2.04. The van der Waals surface area contributed by atoms with E-state index in [2.05, 4.69) is 0 Å². The Hall–Kier alpha value is -2.02. The summed E-state index contributed by atoms with van der Waals surface area (Å²) in [4.78, 5) is 0.0619. The van der Waals surface area contributed by atoms with Gasteiger partial charge in [0.1, 0.15) is 5.82 Å². The minimum absolute atomic E-state index is 0.0619. The first-order chi connectivity index (χ1) is 11.4. The average Bonchev–Trinajstić information content (AvgIpc) is 2.99. The van der Waals surface area contributed by atoms with Crippen molar-refractivity contribution in [3.8, 4) is 0 Å². The highest BCUT2D eigenvalue weighted by atomic mass is 32.2. The maximum atomic E-state index is 13.2. The summed E-state index contributed by atoms with van der Waals surface area (Å²) >= 11 is 0. The first-order valence-corrected chi connectivity index (χ1v) is 9.15. The maximum absolute atomic E-state index is 13.2. The molecule has 0 aromatic heterocycles. The molecule has 1 unspecified atom stereocenters. The van der Waals surface area contributed by atoms with Crippen molar-refractivity contribution in [2.75, 3.05) is 6.61 Å². The second kappa shape index (κ2) is 6.47. The lowest BCUT2D eigenvalue weighted by atomic mass is 9.97. The highest BCUT2D eigenvalue weighted by Gasteiger charge is 2.25. The molecule has 0 saturated heterocycles. The Kier molecular flexibility index (Phi) is 4.54. The van der Waals surface area contributed by atoms with Crippen LogP contribution < -0.4 is 5.14 Å². The van der Waals surface area contributed by atoms with Crippen molar-refractivity contribution in [3.63, 3.8) is 0 Å². The van der Waals surface area contributed by atoms with Gasteiger partial charge in [0.05, 0.1) is 4.90 Å². The van der Waals surface area contributed by atoms with Crippen LogP contribution in [-0.2, 0) is 10.0 Å². The van der Waals surface area contributed by atoms with Crippen molar-refractivity contribution < 1.29 is 17.9 Å². The molecule has 0 radical (unpaired) electrons. The molecule has 0 amide bonds. The summed E-state index contributed by atoms with van der Waals surface area (Å²) in [5.41, 5.74) is 3.90. The predicted octanol–water partition coefficient (Wildman–Crippen LogP) is 2.79. The van der Waals surface area contributed by atoms with Crippen molar-refractivity contribution in [3.05, 3.63) is 65.5 Å². The monoisotopic (exact) mass is 347 g/mol. The van der Waals surface area contributed by atoms with Gasteiger partial charge in [-0.05, 0) is 65.3 Å². The third-order valence-electron chi connectivity index (χ3n) is 4.33. The summed E-state index contributed by atoms with van der Waals surface area (Å²) in [5, 5.41) is 14.6. The Morgan fingerprint density at radius 2 is 1.42 bits per heavy atom. The normalized spacial score (nSPS) is 18.2. The van der Waals surface area contributed by atoms with E-state index in [1.54, 1.807) is 24.3 Å². The van der Waals surface area contributed by atoms with Gasteiger partial charge in [-0.2, -0.15) is 0 Å². The van der Waals surface area contributed by atoms with Gasteiger partial charge in [0.2, 0.25) is 10.0 Å². The lowest BCUT2D eigenvalue weighted by Gasteiger charge is -2.09. The van der Waals surface area contributed by atoms with Gasteiger partial charge in [-0.15, -0.1) is 0 Å². The van der Waals surface area contributed by atoms with Gasteiger partial charge >= 0.3 is 0 Å². The van der Waals surface area contributed by atoms with E-state index >= 15 is 0 Å². The van der Waals surface area contributed by atoms with Crippen LogP contribution >= 0.6 is 0 Å². The van der Waals surface area contributed by atoms with Crippen LogP contribution in [0, 0.1) is 11.7 Å². The summed E-state index contributed by atoms with van der Waals surface area (Å²) in [6, 6.07) is 12.7. The van der Waals surface area contributed by atoms with Gasteiger partial charge in [0.15, 0.2) is 0 Å². The molecular formula is C18H18FNO3S. The molecular weight excluding hydrogens is 329 g/mol. The second-order valence-electron chi connectivity index (χ2n) is 5.99. The number of sulfonamides is 1. The molecule has 1 aliphatic carbocycles. The zero-order valence-corrected chi connectivity index (χ0v) is 13.8. The SMILES string of the molecule is NS(=O)(=O)c1ccc(C2=C(c3ccc(F)cc3)CC(CO)C2)cc1. The molecule has 0 spiro atoms. The third kappa shape index (κ3) is 3.40. The van der Waals surface area contributed by atoms with Crippen LogP contribution in [-0.4, -0.2) is 20.1 Å². The number of hydrogen-bond donors (Lipinski definition) is 2. The zero-order chi connectivity index (χ0) is 17.3. The standard InChI is InChI=1S/C18H18FNO3S/c19-15-5-1-13(2-6-15)17-9-12(11-21)10-18(17)14-3-7-16(8-4-14)24(20,22)23/h1-8,12,21H,9-11H2,(H2,20,22,23). The number of hydrogen-bond acceptors (Lipinski definition) is 3. The van der Waals surface area contributed by atoms with Crippen LogP contribution in [0.2, 0.25) is 0 Å². The number of aliphatic hydroxyl groups excluding tert-OH is 1. The summed E-state index contributed by atoms with van der Waals surface area (Å²) in [6.07, 6.45) is 1.40. The fourth-order valence-electron chi connectivity index (χ4n) is 3.11. The minimum Gasteiger partial charge on any atom is -0.396 e. The van der Waals surface area contributed by atoms with E-state index in [4.69, 9.17) is 5.14 Å². The molecule has 6 heteroatoms. The Morgan fingerprint density at radius 3 is 1.83 bits per heavy atom. The third-order valence-corrected chi connectivity index (χ3v) is 5.26. The first-order valence-electron chi connectivity index (χ1n) is 7.60. The summed E-state index contributed by atoms with van der Waals surface area (Å²) in [5.74, 6) is -0.187. The first kappa shape index (κ1) is 16.8. The smallest absolute Gasteiger partial charge is 0.238 e. The molecule has 2 aromatic carbocycles. The van der Waals surface area contributed by atoms with Crippen LogP contribution in [0.3, 0.4) is 0 Å². The van der Waals surface area contributed by atoms with E-state index in [1.807, 2.05) is 0 Å². The van der Waals surface area contributed by atoms with Gasteiger partial charge in [0, 0.05) is 6.61 Å². The molecule has 3 N–H and O–H groups in total. The number of nitrogens with two attached hydrogens (primary N) is 1.